The van der Waals surface area contributed by atoms with Crippen LogP contribution in [0.15, 0.2) is 65.1 Å². The molecule has 0 radical (unpaired) electrons. The molecule has 1 aliphatic carbocycles. The largest absolute Gasteiger partial charge is 0.475 e. The van der Waals surface area contributed by atoms with Crippen LogP contribution in [0, 0.1) is 5.92 Å². The van der Waals surface area contributed by atoms with Gasteiger partial charge in [-0.05, 0) is 68.3 Å². The molecule has 1 atom stereocenters. The van der Waals surface area contributed by atoms with E-state index >= 15 is 0 Å². The molecule has 1 unspecified atom stereocenters. The monoisotopic (exact) mass is 457 g/mol. The Morgan fingerprint density at radius 2 is 1.76 bits per heavy atom. The van der Waals surface area contributed by atoms with E-state index in [0.29, 0.717) is 5.76 Å². The van der Waals surface area contributed by atoms with Crippen molar-refractivity contribution in [2.75, 3.05) is 4.90 Å². The van der Waals surface area contributed by atoms with E-state index in [-0.39, 0.29) is 23.6 Å². The third kappa shape index (κ3) is 4.21. The first-order valence-electron chi connectivity index (χ1n) is 11.7. The van der Waals surface area contributed by atoms with Crippen LogP contribution in [-0.4, -0.2) is 27.0 Å². The minimum absolute atomic E-state index is 0.00320. The van der Waals surface area contributed by atoms with Gasteiger partial charge in [-0.1, -0.05) is 31.4 Å². The number of furan rings is 1. The number of hydrogen-bond donors (Lipinski definition) is 2. The highest BCUT2D eigenvalue weighted by Gasteiger charge is 2.32. The molecule has 1 amide bonds. The number of H-pyrrole nitrogens is 1. The topological polar surface area (TPSA) is 99.4 Å². The maximum absolute atomic E-state index is 13.8. The van der Waals surface area contributed by atoms with Crippen molar-refractivity contribution in [1.82, 2.24) is 9.97 Å². The first-order chi connectivity index (χ1) is 16.5. The number of carbonyl (C=O) groups excluding carboxylic acids is 1. The lowest BCUT2D eigenvalue weighted by Gasteiger charge is -2.33. The van der Waals surface area contributed by atoms with Gasteiger partial charge in [0.15, 0.2) is 0 Å². The summed E-state index contributed by atoms with van der Waals surface area (Å²) in [5.41, 5.74) is 3.34. The van der Waals surface area contributed by atoms with E-state index in [1.54, 1.807) is 6.07 Å². The van der Waals surface area contributed by atoms with Crippen molar-refractivity contribution in [3.05, 3.63) is 72.2 Å². The maximum atomic E-state index is 13.8. The quantitative estimate of drug-likeness (QED) is 0.359. The molecule has 2 heterocycles. The number of fused-ring (bicyclic) bond motifs is 1. The number of hydrogen-bond acceptors (Lipinski definition) is 4. The number of rotatable bonds is 6. The Morgan fingerprint density at radius 3 is 2.44 bits per heavy atom. The fraction of sp³-hybridized carbons (Fsp3) is 0.296. The Labute approximate surface area is 197 Å². The van der Waals surface area contributed by atoms with Gasteiger partial charge in [-0.25, -0.2) is 9.78 Å². The zero-order valence-electron chi connectivity index (χ0n) is 19.0. The van der Waals surface area contributed by atoms with Crippen LogP contribution in [0.5, 0.6) is 0 Å². The van der Waals surface area contributed by atoms with Gasteiger partial charge in [-0.3, -0.25) is 4.79 Å². The van der Waals surface area contributed by atoms with Crippen LogP contribution < -0.4 is 4.90 Å². The lowest BCUT2D eigenvalue weighted by atomic mass is 9.87. The average molecular weight is 458 g/mol. The molecule has 1 fully saturated rings. The summed E-state index contributed by atoms with van der Waals surface area (Å²) in [4.78, 5) is 34.9. The standard InChI is InChI=1S/C27H27N3O4/c1-17(25-28-21-9-5-6-10-22(21)29-25)30(26(31)19-7-3-2-4-8-19)20-13-11-18(12-14-20)23-15-16-24(34-23)27(32)33/h5-6,9-17,19H,2-4,7-8H2,1H3,(H,28,29)(H,32,33). The highest BCUT2D eigenvalue weighted by Crippen LogP contribution is 2.34. The summed E-state index contributed by atoms with van der Waals surface area (Å²) in [6.45, 7) is 2.00. The SMILES string of the molecule is CC(c1nc2ccccc2[nH]1)N(C(=O)C1CCCCC1)c1ccc(-c2ccc(C(=O)O)o2)cc1. The Kier molecular flexibility index (Phi) is 5.92. The van der Waals surface area contributed by atoms with Crippen molar-refractivity contribution in [3.63, 3.8) is 0 Å². The molecule has 4 aromatic rings. The third-order valence-electron chi connectivity index (χ3n) is 6.63. The van der Waals surface area contributed by atoms with E-state index in [0.717, 1.165) is 53.8 Å². The van der Waals surface area contributed by atoms with Crippen molar-refractivity contribution in [1.29, 1.82) is 0 Å². The van der Waals surface area contributed by atoms with Gasteiger partial charge in [0.25, 0.3) is 0 Å². The van der Waals surface area contributed by atoms with Gasteiger partial charge in [0.05, 0.1) is 17.1 Å². The average Bonchev–Trinajstić information content (AvgIpc) is 3.53. The second kappa shape index (κ2) is 9.17. The molecule has 1 saturated carbocycles. The highest BCUT2D eigenvalue weighted by atomic mass is 16.4. The Morgan fingerprint density at radius 1 is 1.03 bits per heavy atom. The third-order valence-corrected chi connectivity index (χ3v) is 6.63. The first kappa shape index (κ1) is 21.9. The molecule has 0 spiro atoms. The Balaban J connectivity index is 1.49. The lowest BCUT2D eigenvalue weighted by Crippen LogP contribution is -2.39. The van der Waals surface area contributed by atoms with Crippen LogP contribution in [0.1, 0.15) is 61.4 Å². The number of nitrogens with one attached hydrogen (secondary N) is 1. The van der Waals surface area contributed by atoms with Crippen molar-refractivity contribution in [2.24, 2.45) is 5.92 Å². The maximum Gasteiger partial charge on any atom is 0.371 e. The van der Waals surface area contributed by atoms with Crippen molar-refractivity contribution < 1.29 is 19.1 Å². The zero-order chi connectivity index (χ0) is 23.7. The van der Waals surface area contributed by atoms with E-state index in [1.165, 1.54) is 12.5 Å². The van der Waals surface area contributed by atoms with Gasteiger partial charge in [-0.2, -0.15) is 0 Å². The molecule has 7 heteroatoms. The molecule has 0 saturated heterocycles. The number of nitrogens with zero attached hydrogens (tertiary/aromatic N) is 2. The van der Waals surface area contributed by atoms with Gasteiger partial charge >= 0.3 is 5.97 Å². The van der Waals surface area contributed by atoms with E-state index in [9.17, 15) is 9.59 Å². The van der Waals surface area contributed by atoms with Gasteiger partial charge in [0.1, 0.15) is 11.6 Å². The number of aromatic amines is 1. The molecular formula is C27H27N3O4. The number of aromatic carboxylic acids is 1. The smallest absolute Gasteiger partial charge is 0.371 e. The normalized spacial score (nSPS) is 15.3. The fourth-order valence-electron chi connectivity index (χ4n) is 4.77. The number of carboxylic acid groups (broad SMARTS) is 1. The van der Waals surface area contributed by atoms with Crippen molar-refractivity contribution >= 4 is 28.6 Å². The second-order valence-electron chi connectivity index (χ2n) is 8.87. The van der Waals surface area contributed by atoms with Crippen molar-refractivity contribution in [2.45, 2.75) is 45.1 Å². The Bertz CT molecular complexity index is 1280. The summed E-state index contributed by atoms with van der Waals surface area (Å²) in [5, 5.41) is 9.12. The highest BCUT2D eigenvalue weighted by molar-refractivity contribution is 5.96. The number of aromatic nitrogens is 2. The second-order valence-corrected chi connectivity index (χ2v) is 8.87. The van der Waals surface area contributed by atoms with Gasteiger partial charge in [-0.15, -0.1) is 0 Å². The minimum atomic E-state index is -1.10. The molecular weight excluding hydrogens is 430 g/mol. The number of carboxylic acids is 1. The fourth-order valence-corrected chi connectivity index (χ4v) is 4.77. The molecule has 0 bridgehead atoms. The molecule has 7 nitrogen and oxygen atoms in total. The molecule has 0 aliphatic heterocycles. The summed E-state index contributed by atoms with van der Waals surface area (Å²) < 4.78 is 5.43. The van der Waals surface area contributed by atoms with E-state index in [4.69, 9.17) is 14.5 Å². The van der Waals surface area contributed by atoms with E-state index in [1.807, 2.05) is 60.4 Å². The summed E-state index contributed by atoms with van der Waals surface area (Å²) >= 11 is 0. The van der Waals surface area contributed by atoms with Crippen LogP contribution in [0.25, 0.3) is 22.4 Å². The molecule has 2 N–H and O–H groups in total. The number of benzene rings is 2. The number of imidazole rings is 1. The van der Waals surface area contributed by atoms with E-state index in [2.05, 4.69) is 4.98 Å². The van der Waals surface area contributed by atoms with Gasteiger partial charge < -0.3 is 19.4 Å². The molecule has 174 valence electrons. The van der Waals surface area contributed by atoms with Gasteiger partial charge in [0, 0.05) is 17.2 Å². The summed E-state index contributed by atoms with van der Waals surface area (Å²) in [6, 6.07) is 18.1. The van der Waals surface area contributed by atoms with E-state index < -0.39 is 5.97 Å². The number of anilines is 1. The first-order valence-corrected chi connectivity index (χ1v) is 11.7. The van der Waals surface area contributed by atoms with Crippen LogP contribution in [-0.2, 0) is 4.79 Å². The molecule has 1 aliphatic rings. The molecule has 5 rings (SSSR count). The van der Waals surface area contributed by atoms with Crippen LogP contribution in [0.4, 0.5) is 5.69 Å². The van der Waals surface area contributed by atoms with Crippen molar-refractivity contribution in [3.8, 4) is 11.3 Å². The number of amides is 1. The summed E-state index contributed by atoms with van der Waals surface area (Å²) in [7, 11) is 0. The van der Waals surface area contributed by atoms with Crippen LogP contribution in [0.3, 0.4) is 0 Å². The summed E-state index contributed by atoms with van der Waals surface area (Å²) in [5.74, 6) is 0.125. The van der Waals surface area contributed by atoms with Crippen LogP contribution >= 0.6 is 0 Å². The number of para-hydroxylation sites is 2. The van der Waals surface area contributed by atoms with Gasteiger partial charge in [0.2, 0.25) is 11.7 Å². The molecule has 2 aromatic heterocycles. The Hall–Kier alpha value is -3.87. The molecule has 34 heavy (non-hydrogen) atoms. The minimum Gasteiger partial charge on any atom is -0.475 e. The lowest BCUT2D eigenvalue weighted by molar-refractivity contribution is -0.123. The summed E-state index contributed by atoms with van der Waals surface area (Å²) in [6.07, 6.45) is 5.15. The zero-order valence-corrected chi connectivity index (χ0v) is 19.0. The predicted octanol–water partition coefficient (Wildman–Crippen LogP) is 6.20. The van der Waals surface area contributed by atoms with Crippen LogP contribution in [0.2, 0.25) is 0 Å². The molecule has 2 aromatic carbocycles. The number of carbonyl (C=O) groups is 2. The predicted molar refractivity (Wildman–Crippen MR) is 130 cm³/mol.